The molecule has 13 aromatic rings. The number of ether oxygens (including phenoxy) is 5. The Bertz CT molecular complexity index is 5980. The van der Waals surface area contributed by atoms with Crippen LogP contribution in [0.5, 0.6) is 28.7 Å². The van der Waals surface area contributed by atoms with Crippen LogP contribution in [0.25, 0.3) is 65.7 Å². The summed E-state index contributed by atoms with van der Waals surface area (Å²) in [6.45, 7) is 1.93. The predicted molar refractivity (Wildman–Crippen MR) is 418 cm³/mol. The molecule has 5 amide bonds. The first-order chi connectivity index (χ1) is 53.3. The third-order valence-corrected chi connectivity index (χ3v) is 21.5. The molecule has 4 aromatic heterocycles. The summed E-state index contributed by atoms with van der Waals surface area (Å²) in [5.41, 5.74) is 6.52. The molecular formula is C86H76F4N10O10. The number of hydrogen-bond acceptors (Lipinski definition) is 14. The van der Waals surface area contributed by atoms with Gasteiger partial charge in [0.15, 0.2) is 23.0 Å². The van der Waals surface area contributed by atoms with Gasteiger partial charge in [0.2, 0.25) is 23.6 Å². The molecule has 0 bridgehead atoms. The third-order valence-electron chi connectivity index (χ3n) is 21.5. The number of halogens is 4. The largest absolute Gasteiger partial charge is 0.586 e. The van der Waals surface area contributed by atoms with Crippen molar-refractivity contribution in [1.29, 1.82) is 0 Å². The quantitative estimate of drug-likeness (QED) is 0.0637. The molecule has 4 aliphatic heterocycles. The van der Waals surface area contributed by atoms with Gasteiger partial charge in [-0.15, -0.1) is 17.6 Å². The van der Waals surface area contributed by atoms with Gasteiger partial charge in [-0.2, -0.15) is 0 Å². The summed E-state index contributed by atoms with van der Waals surface area (Å²) in [6.07, 6.45) is -1.62. The summed E-state index contributed by atoms with van der Waals surface area (Å²) in [5.74, 6) is 1.84. The lowest BCUT2D eigenvalue weighted by Gasteiger charge is -2.35. The summed E-state index contributed by atoms with van der Waals surface area (Å²) in [5, 5.41) is 18.5. The predicted octanol–water partition coefficient (Wildman–Crippen LogP) is 17.5. The van der Waals surface area contributed by atoms with Crippen LogP contribution in [-0.2, 0) is 42.0 Å². The lowest BCUT2D eigenvalue weighted by molar-refractivity contribution is -0.287. The van der Waals surface area contributed by atoms with Gasteiger partial charge in [-0.25, -0.2) is 15.0 Å². The van der Waals surface area contributed by atoms with Crippen LogP contribution in [0.15, 0.2) is 231 Å². The zero-order valence-corrected chi connectivity index (χ0v) is 58.8. The first kappa shape index (κ1) is 68.4. The first-order valence-electron chi connectivity index (χ1n) is 36.0. The number of piperazine rings is 1. The van der Waals surface area contributed by atoms with Crippen molar-refractivity contribution in [2.75, 3.05) is 52.5 Å². The van der Waals surface area contributed by atoms with Crippen molar-refractivity contribution in [3.05, 3.63) is 258 Å². The number of aromatic nitrogens is 4. The van der Waals surface area contributed by atoms with Crippen molar-refractivity contribution in [2.24, 2.45) is 0 Å². The van der Waals surface area contributed by atoms with Crippen LogP contribution in [0.2, 0.25) is 0 Å². The number of hydrogen-bond donors (Lipinski definition) is 5. The summed E-state index contributed by atoms with van der Waals surface area (Å²) >= 11 is 0. The molecule has 1 saturated heterocycles. The fraction of sp³-hybridized carbons (Fsp3) is 0.186. The average molecular weight is 1490 g/mol. The molecule has 0 unspecified atom stereocenters. The number of pyridine rings is 3. The molecular weight excluding hydrogens is 1410 g/mol. The minimum absolute atomic E-state index is 0. The number of fused-ring (bicyclic) bond motifs is 7. The van der Waals surface area contributed by atoms with E-state index in [0.29, 0.717) is 91.0 Å². The fourth-order valence-corrected chi connectivity index (χ4v) is 15.2. The highest BCUT2D eigenvalue weighted by atomic mass is 19.3. The number of methoxy groups -OCH3 is 1. The van der Waals surface area contributed by atoms with Crippen LogP contribution >= 0.6 is 0 Å². The van der Waals surface area contributed by atoms with Gasteiger partial charge in [0.25, 0.3) is 5.91 Å². The van der Waals surface area contributed by atoms with E-state index >= 15 is 0 Å². The Morgan fingerprint density at radius 3 is 1.51 bits per heavy atom. The van der Waals surface area contributed by atoms with Gasteiger partial charge in [-0.1, -0.05) is 133 Å². The van der Waals surface area contributed by atoms with Gasteiger partial charge in [0.1, 0.15) is 29.0 Å². The van der Waals surface area contributed by atoms with Gasteiger partial charge in [0.05, 0.1) is 41.3 Å². The Labute approximate surface area is 632 Å². The van der Waals surface area contributed by atoms with Gasteiger partial charge in [-0.3, -0.25) is 24.0 Å². The number of benzene rings is 9. The van der Waals surface area contributed by atoms with Crippen molar-refractivity contribution < 1.29 is 72.4 Å². The normalized spacial score (nSPS) is 17.1. The molecule has 110 heavy (non-hydrogen) atoms. The Morgan fingerprint density at radius 2 is 0.964 bits per heavy atom. The zero-order chi connectivity index (χ0) is 75.3. The number of anilines is 5. The lowest BCUT2D eigenvalue weighted by atomic mass is 9.94. The van der Waals surface area contributed by atoms with Crippen molar-refractivity contribution in [2.45, 2.75) is 73.9 Å². The minimum Gasteiger partial charge on any atom is -0.497 e. The van der Waals surface area contributed by atoms with Crippen LogP contribution in [0.4, 0.5) is 46.5 Å². The zero-order valence-electron chi connectivity index (χ0n) is 58.8. The van der Waals surface area contributed by atoms with Crippen molar-refractivity contribution in [1.82, 2.24) is 25.3 Å². The van der Waals surface area contributed by atoms with Crippen molar-refractivity contribution in [3.8, 4) is 51.3 Å². The Balaban J connectivity index is 0.000000147. The number of aromatic amines is 1. The number of alkyl halides is 4. The minimum atomic E-state index is -3.72. The number of carbonyl (C=O) groups excluding carboxylic acids is 5. The topological polar surface area (TPSA) is 241 Å². The molecule has 20 nitrogen and oxygen atoms in total. The summed E-state index contributed by atoms with van der Waals surface area (Å²) < 4.78 is 77.3. The van der Waals surface area contributed by atoms with Crippen LogP contribution in [-0.4, -0.2) is 88.8 Å². The Kier molecular flexibility index (Phi) is 16.5. The second-order valence-corrected chi connectivity index (χ2v) is 28.3. The molecule has 8 heterocycles. The van der Waals surface area contributed by atoms with Crippen LogP contribution < -0.4 is 54.8 Å². The second-order valence-electron chi connectivity index (χ2n) is 28.3. The molecule has 5 N–H and O–H groups in total. The molecule has 20 rings (SSSR count). The molecule has 9 aromatic carbocycles. The highest BCUT2D eigenvalue weighted by Crippen LogP contribution is 2.55. The van der Waals surface area contributed by atoms with Crippen molar-refractivity contribution >= 4 is 102 Å². The average Bonchev–Trinajstić information content (AvgIpc) is 1.85. The molecule has 3 saturated carbocycles. The van der Waals surface area contributed by atoms with Crippen molar-refractivity contribution in [3.63, 3.8) is 0 Å². The van der Waals surface area contributed by atoms with E-state index in [1.165, 1.54) is 24.3 Å². The van der Waals surface area contributed by atoms with E-state index in [1.807, 2.05) is 192 Å². The van der Waals surface area contributed by atoms with Crippen LogP contribution in [0.1, 0.15) is 78.3 Å². The van der Waals surface area contributed by atoms with Gasteiger partial charge in [-0.05, 0) is 168 Å². The SMILES string of the molecule is COc1ccc(C2(C(=O)Nc3cc4ccccc4c(N4CCN(c5ccccc5)C(=O)C4)n3)CC2)cc1.O=C(Nc1cc2ccccc2c(-c2ccc3[nH]ccc3c2)n1)C1(c2ccc3c(c2)OC(F)(F)O3)CC1.O=C1NCc2ccc(-c3nc(NC(=O)C4(c5ccc6c(c5)OC(F)(F)O6)CC4)cc4ccccc34)cc21.[HH].[HH].[HH].[HH].[HH]. The van der Waals surface area contributed by atoms with E-state index in [1.54, 1.807) is 25.3 Å². The number of nitrogens with one attached hydrogen (secondary N) is 5. The number of H-pyrrole nitrogens is 1. The number of rotatable bonds is 14. The number of nitrogens with zero attached hydrogens (tertiary/aromatic N) is 5. The highest BCUT2D eigenvalue weighted by Gasteiger charge is 2.55. The summed E-state index contributed by atoms with van der Waals surface area (Å²) in [7, 11) is 1.63. The van der Waals surface area contributed by atoms with Gasteiger partial charge >= 0.3 is 12.6 Å². The standard InChI is InChI=1S/C30H28N4O3.C28H19F2N3O4.C28H19F2N3O3.5H2/c1-37-24-13-11-22(12-14-24)30(15-16-30)29(36)32-26-19-21-7-5-6-10-25(21)28(31-26)33-17-18-34(27(35)20-33)23-8-3-2-4-9-23;29-28(30)36-21-8-7-18(13-22(21)37-28)27(9-10-27)26(35)33-23-12-15-3-1-2-4-19(15)24(32-23)16-5-6-17-14-31-25(34)20(17)11-16;29-28(30)35-22-8-6-19(15-23(22)36-28)27(10-11-27)26(34)33-24-14-16-3-1-2-4-20(16)25(32-24)18-5-7-21-17(13-18)9-12-31-21;;;;;/h2-14,19H,15-18,20H2,1H3,(H,31,32,36);1-8,11-13H,9-10,14H2,(H,31,34)(H,32,33,35);1-9,12-15,31H,10-11H2,(H,32,33,34);5*1H. The summed E-state index contributed by atoms with van der Waals surface area (Å²) in [4.78, 5) is 87.2. The molecule has 0 atom stereocenters. The Morgan fingerprint density at radius 1 is 0.482 bits per heavy atom. The molecule has 0 spiro atoms. The van der Waals surface area contributed by atoms with E-state index < -0.39 is 28.8 Å². The number of carbonyl (C=O) groups is 5. The smallest absolute Gasteiger partial charge is 0.497 e. The van der Waals surface area contributed by atoms with E-state index in [4.69, 9.17) is 19.7 Å². The molecule has 7 aliphatic rings. The number of amides is 5. The Hall–Kier alpha value is -13.4. The van der Waals surface area contributed by atoms with Crippen LogP contribution in [0, 0.1) is 0 Å². The van der Waals surface area contributed by atoms with Gasteiger partial charge in [0, 0.05) is 82.4 Å². The van der Waals surface area contributed by atoms with E-state index in [0.717, 1.165) is 95.4 Å². The molecule has 3 aliphatic carbocycles. The maximum absolute atomic E-state index is 13.5. The van der Waals surface area contributed by atoms with E-state index in [9.17, 15) is 41.5 Å². The molecule has 24 heteroatoms. The van der Waals surface area contributed by atoms with E-state index in [2.05, 4.69) is 51.3 Å². The second kappa shape index (κ2) is 26.5. The van der Waals surface area contributed by atoms with Crippen LogP contribution in [0.3, 0.4) is 0 Å². The molecule has 0 radical (unpaired) electrons. The summed E-state index contributed by atoms with van der Waals surface area (Å²) in [6, 6.07) is 69.2. The van der Waals surface area contributed by atoms with E-state index in [-0.39, 0.29) is 66.2 Å². The highest BCUT2D eigenvalue weighted by molar-refractivity contribution is 6.08. The maximum Gasteiger partial charge on any atom is 0.586 e. The fourth-order valence-electron chi connectivity index (χ4n) is 15.2. The maximum atomic E-state index is 13.5. The third kappa shape index (κ3) is 12.8. The number of para-hydroxylation sites is 1. The molecule has 4 fully saturated rings. The molecule has 558 valence electrons. The lowest BCUT2D eigenvalue weighted by Crippen LogP contribution is -2.51. The van der Waals surface area contributed by atoms with Gasteiger partial charge < -0.3 is 59.7 Å². The monoisotopic (exact) mass is 1480 g/mol. The first-order valence-corrected chi connectivity index (χ1v) is 36.0.